The van der Waals surface area contributed by atoms with Crippen LogP contribution < -0.4 is 15.4 Å². The van der Waals surface area contributed by atoms with Gasteiger partial charge in [-0.05, 0) is 58.5 Å². The Morgan fingerprint density at radius 2 is 2.08 bits per heavy atom. The van der Waals surface area contributed by atoms with Crippen LogP contribution in [0.25, 0.3) is 10.2 Å². The number of hydrogen-bond donors (Lipinski definition) is 2. The highest BCUT2D eigenvalue weighted by Gasteiger charge is 2.12. The van der Waals surface area contributed by atoms with Gasteiger partial charge in [0.1, 0.15) is 5.75 Å². The van der Waals surface area contributed by atoms with Crippen LogP contribution in [-0.2, 0) is 0 Å². The number of thiocarbonyl (C=S) groups is 1. The third-order valence-corrected chi connectivity index (χ3v) is 4.93. The Hall–Kier alpha value is -2.03. The second-order valence-electron chi connectivity index (χ2n) is 4.74. The van der Waals surface area contributed by atoms with Crippen molar-refractivity contribution >= 4 is 65.9 Å². The molecule has 2 aromatic carbocycles. The molecule has 5 nitrogen and oxygen atoms in total. The Morgan fingerprint density at radius 1 is 1.29 bits per heavy atom. The summed E-state index contributed by atoms with van der Waals surface area (Å²) < 4.78 is 6.89. The van der Waals surface area contributed by atoms with Crippen LogP contribution in [0.15, 0.2) is 46.9 Å². The highest BCUT2D eigenvalue weighted by Crippen LogP contribution is 2.26. The van der Waals surface area contributed by atoms with Gasteiger partial charge in [-0.15, -0.1) is 0 Å². The zero-order valence-electron chi connectivity index (χ0n) is 12.5. The number of nitrogens with one attached hydrogen (secondary N) is 2. The van der Waals surface area contributed by atoms with E-state index in [4.69, 9.17) is 17.0 Å². The van der Waals surface area contributed by atoms with Crippen molar-refractivity contribution in [1.29, 1.82) is 0 Å². The van der Waals surface area contributed by atoms with Gasteiger partial charge in [-0.1, -0.05) is 23.5 Å². The highest BCUT2D eigenvalue weighted by atomic mass is 79.9. The number of aromatic nitrogens is 1. The van der Waals surface area contributed by atoms with Crippen molar-refractivity contribution in [1.82, 2.24) is 10.3 Å². The Morgan fingerprint density at radius 3 is 2.79 bits per heavy atom. The summed E-state index contributed by atoms with van der Waals surface area (Å²) >= 11 is 10.0. The number of anilines is 1. The summed E-state index contributed by atoms with van der Waals surface area (Å²) in [6, 6.07) is 12.8. The number of amides is 1. The first kappa shape index (κ1) is 16.8. The molecule has 0 fully saturated rings. The molecule has 0 unspecified atom stereocenters. The van der Waals surface area contributed by atoms with E-state index in [0.29, 0.717) is 20.9 Å². The van der Waals surface area contributed by atoms with Crippen LogP contribution in [-0.4, -0.2) is 23.1 Å². The van der Waals surface area contributed by atoms with Crippen molar-refractivity contribution in [2.75, 3.05) is 12.4 Å². The van der Waals surface area contributed by atoms with E-state index in [1.165, 1.54) is 11.3 Å². The van der Waals surface area contributed by atoms with E-state index in [-0.39, 0.29) is 11.0 Å². The van der Waals surface area contributed by atoms with E-state index in [1.54, 1.807) is 25.3 Å². The van der Waals surface area contributed by atoms with E-state index in [1.807, 2.05) is 24.3 Å². The van der Waals surface area contributed by atoms with Gasteiger partial charge in [0.05, 0.1) is 21.8 Å². The second-order valence-corrected chi connectivity index (χ2v) is 7.04. The highest BCUT2D eigenvalue weighted by molar-refractivity contribution is 9.10. The minimum absolute atomic E-state index is 0.200. The number of carbonyl (C=O) groups excluding carboxylic acids is 1. The average Bonchev–Trinajstić information content (AvgIpc) is 2.96. The molecule has 0 aliphatic rings. The fourth-order valence-electron chi connectivity index (χ4n) is 2.04. The monoisotopic (exact) mass is 421 g/mol. The van der Waals surface area contributed by atoms with Crippen LogP contribution in [0.1, 0.15) is 10.4 Å². The summed E-state index contributed by atoms with van der Waals surface area (Å²) in [5.74, 6) is 0.346. The molecular weight excluding hydrogens is 410 g/mol. The van der Waals surface area contributed by atoms with Gasteiger partial charge in [0, 0.05) is 5.56 Å². The van der Waals surface area contributed by atoms with Gasteiger partial charge in [-0.25, -0.2) is 4.98 Å². The summed E-state index contributed by atoms with van der Waals surface area (Å²) in [6.45, 7) is 0. The third kappa shape index (κ3) is 3.72. The Balaban J connectivity index is 1.67. The molecule has 3 aromatic rings. The van der Waals surface area contributed by atoms with Crippen LogP contribution in [0.4, 0.5) is 5.13 Å². The molecule has 24 heavy (non-hydrogen) atoms. The SMILES string of the molecule is COc1ccc(C(=O)NC(=S)Nc2nc3ccccc3s2)cc1Br. The third-order valence-electron chi connectivity index (χ3n) is 3.16. The molecule has 0 atom stereocenters. The number of benzene rings is 2. The lowest BCUT2D eigenvalue weighted by atomic mass is 10.2. The van der Waals surface area contributed by atoms with E-state index in [9.17, 15) is 4.79 Å². The molecule has 1 aromatic heterocycles. The number of hydrogen-bond acceptors (Lipinski definition) is 5. The first-order chi connectivity index (χ1) is 11.6. The second kappa shape index (κ2) is 7.25. The summed E-state index contributed by atoms with van der Waals surface area (Å²) in [6.07, 6.45) is 0. The maximum atomic E-state index is 12.3. The molecule has 2 N–H and O–H groups in total. The standard InChI is InChI=1S/C16H12BrN3O2S2/c1-22-12-7-6-9(8-10(12)17)14(21)19-15(23)20-16-18-11-4-2-3-5-13(11)24-16/h2-8H,1H3,(H2,18,19,20,21,23). The first-order valence-corrected chi connectivity index (χ1v) is 8.90. The van der Waals surface area contributed by atoms with Crippen molar-refractivity contribution in [3.05, 3.63) is 52.5 Å². The minimum atomic E-state index is -0.308. The average molecular weight is 422 g/mol. The van der Waals surface area contributed by atoms with Crippen molar-refractivity contribution in [3.8, 4) is 5.75 Å². The molecule has 122 valence electrons. The zero-order chi connectivity index (χ0) is 17.1. The van der Waals surface area contributed by atoms with Crippen molar-refractivity contribution in [2.24, 2.45) is 0 Å². The summed E-state index contributed by atoms with van der Waals surface area (Å²) in [5, 5.41) is 6.42. The van der Waals surface area contributed by atoms with Crippen LogP contribution in [0, 0.1) is 0 Å². The number of rotatable bonds is 3. The Bertz CT molecular complexity index is 894. The van der Waals surface area contributed by atoms with Crippen molar-refractivity contribution in [3.63, 3.8) is 0 Å². The maximum absolute atomic E-state index is 12.3. The lowest BCUT2D eigenvalue weighted by molar-refractivity contribution is 0.0977. The van der Waals surface area contributed by atoms with Gasteiger partial charge in [0.25, 0.3) is 5.91 Å². The molecule has 0 aliphatic heterocycles. The van der Waals surface area contributed by atoms with Crippen molar-refractivity contribution in [2.45, 2.75) is 0 Å². The lowest BCUT2D eigenvalue weighted by Crippen LogP contribution is -2.34. The van der Waals surface area contributed by atoms with Crippen LogP contribution in [0.3, 0.4) is 0 Å². The molecule has 1 heterocycles. The number of ether oxygens (including phenoxy) is 1. The van der Waals surface area contributed by atoms with Crippen LogP contribution in [0.5, 0.6) is 5.75 Å². The van der Waals surface area contributed by atoms with Gasteiger partial charge in [-0.2, -0.15) is 0 Å². The molecule has 3 rings (SSSR count). The minimum Gasteiger partial charge on any atom is -0.496 e. The predicted octanol–water partition coefficient (Wildman–Crippen LogP) is 4.19. The smallest absolute Gasteiger partial charge is 0.257 e. The fraction of sp³-hybridized carbons (Fsp3) is 0.0625. The summed E-state index contributed by atoms with van der Waals surface area (Å²) in [4.78, 5) is 16.7. The molecule has 0 radical (unpaired) electrons. The van der Waals surface area contributed by atoms with Gasteiger partial charge < -0.3 is 10.1 Å². The van der Waals surface area contributed by atoms with Crippen LogP contribution >= 0.6 is 39.5 Å². The van der Waals surface area contributed by atoms with E-state index in [2.05, 4.69) is 31.5 Å². The number of nitrogens with zero attached hydrogens (tertiary/aromatic N) is 1. The molecule has 0 aliphatic carbocycles. The zero-order valence-corrected chi connectivity index (χ0v) is 15.7. The Kier molecular flexibility index (Phi) is 5.08. The molecular formula is C16H12BrN3O2S2. The molecule has 0 saturated carbocycles. The number of carbonyl (C=O) groups is 1. The quantitative estimate of drug-likeness (QED) is 0.620. The first-order valence-electron chi connectivity index (χ1n) is 6.88. The number of para-hydroxylation sites is 1. The number of halogens is 1. The Labute approximate surface area is 156 Å². The topological polar surface area (TPSA) is 63.2 Å². The van der Waals surface area contributed by atoms with E-state index >= 15 is 0 Å². The van der Waals surface area contributed by atoms with E-state index in [0.717, 1.165) is 10.2 Å². The molecule has 8 heteroatoms. The van der Waals surface area contributed by atoms with E-state index < -0.39 is 0 Å². The summed E-state index contributed by atoms with van der Waals surface area (Å²) in [5.41, 5.74) is 1.36. The summed E-state index contributed by atoms with van der Waals surface area (Å²) in [7, 11) is 1.57. The number of methoxy groups -OCH3 is 1. The van der Waals surface area contributed by atoms with Gasteiger partial charge in [0.15, 0.2) is 10.2 Å². The molecule has 0 spiro atoms. The number of fused-ring (bicyclic) bond motifs is 1. The normalized spacial score (nSPS) is 10.4. The lowest BCUT2D eigenvalue weighted by Gasteiger charge is -2.08. The van der Waals surface area contributed by atoms with Gasteiger partial charge in [-0.3, -0.25) is 10.1 Å². The molecule has 0 saturated heterocycles. The fourth-order valence-corrected chi connectivity index (χ4v) is 3.70. The van der Waals surface area contributed by atoms with Crippen LogP contribution in [0.2, 0.25) is 0 Å². The van der Waals surface area contributed by atoms with Gasteiger partial charge in [0.2, 0.25) is 0 Å². The largest absolute Gasteiger partial charge is 0.496 e. The van der Waals surface area contributed by atoms with Gasteiger partial charge >= 0.3 is 0 Å². The maximum Gasteiger partial charge on any atom is 0.257 e. The number of thiazole rings is 1. The van der Waals surface area contributed by atoms with Crippen molar-refractivity contribution < 1.29 is 9.53 Å². The molecule has 0 bridgehead atoms. The molecule has 1 amide bonds. The predicted molar refractivity (Wildman–Crippen MR) is 104 cm³/mol.